The molecule has 9 nitrogen and oxygen atoms in total. The molecule has 0 saturated carbocycles. The number of carbonyl (C=O) groups excluding carboxylic acids is 1. The maximum atomic E-state index is 12.2. The van der Waals surface area contributed by atoms with E-state index >= 15 is 0 Å². The zero-order valence-corrected chi connectivity index (χ0v) is 17.5. The standard InChI is InChI=1S/C19H25N5O4S/c1-4-17(16-11-14-7-10-18(16)24(12-14)19(25)28-3)20-21-22-23-29(26,27)15-8-5-13(2)6-9-15/h5-10,14,16,18H,4,11-12H2,1-3H3,(H,21,23)/b20-17+. The van der Waals surface area contributed by atoms with Crippen molar-refractivity contribution in [2.75, 3.05) is 13.7 Å². The molecule has 1 N–H and O–H groups in total. The molecule has 156 valence electrons. The average Bonchev–Trinajstić information content (AvgIpc) is 2.73. The van der Waals surface area contributed by atoms with E-state index < -0.39 is 10.0 Å². The van der Waals surface area contributed by atoms with Crippen LogP contribution in [0, 0.1) is 18.8 Å². The van der Waals surface area contributed by atoms with E-state index in [1.165, 1.54) is 19.2 Å². The monoisotopic (exact) mass is 419 g/mol. The van der Waals surface area contributed by atoms with Gasteiger partial charge in [0.1, 0.15) is 0 Å². The fraction of sp³-hybridized carbons (Fsp3) is 0.474. The molecule has 3 atom stereocenters. The van der Waals surface area contributed by atoms with Gasteiger partial charge in [0.25, 0.3) is 0 Å². The maximum Gasteiger partial charge on any atom is 0.410 e. The van der Waals surface area contributed by atoms with Gasteiger partial charge in [0.2, 0.25) is 0 Å². The second-order valence-corrected chi connectivity index (χ2v) is 8.71. The van der Waals surface area contributed by atoms with Crippen LogP contribution in [-0.2, 0) is 14.8 Å². The van der Waals surface area contributed by atoms with Crippen LogP contribution < -0.4 is 5.53 Å². The zero-order valence-electron chi connectivity index (χ0n) is 16.6. The van der Waals surface area contributed by atoms with E-state index in [2.05, 4.69) is 26.5 Å². The Morgan fingerprint density at radius 2 is 2.00 bits per heavy atom. The molecule has 0 radical (unpaired) electrons. The Hall–Kier alpha value is -2.75. The zero-order chi connectivity index (χ0) is 21.0. The molecule has 2 bridgehead atoms. The van der Waals surface area contributed by atoms with Crippen molar-refractivity contribution < 1.29 is 17.9 Å². The Labute approximate surface area is 170 Å². The van der Waals surface area contributed by atoms with Crippen molar-refractivity contribution in [1.29, 1.82) is 0 Å². The molecule has 0 spiro atoms. The number of hydrogen-bond acceptors (Lipinski definition) is 6. The first kappa shape index (κ1) is 21.0. The topological polar surface area (TPSA) is 113 Å². The third-order valence-corrected chi connectivity index (χ3v) is 6.41. The minimum atomic E-state index is -3.89. The molecular formula is C19H25N5O4S. The molecule has 10 heteroatoms. The van der Waals surface area contributed by atoms with Gasteiger partial charge in [-0.1, -0.05) is 36.8 Å². The average molecular weight is 420 g/mol. The number of ether oxygens (including phenoxy) is 1. The summed E-state index contributed by atoms with van der Waals surface area (Å²) >= 11 is 0. The summed E-state index contributed by atoms with van der Waals surface area (Å²) in [5.41, 5.74) is 4.14. The van der Waals surface area contributed by atoms with Gasteiger partial charge in [-0.15, -0.1) is 0 Å². The van der Waals surface area contributed by atoms with Gasteiger partial charge in [-0.2, -0.15) is 19.1 Å². The Kier molecular flexibility index (Phi) is 6.31. The second-order valence-electron chi connectivity index (χ2n) is 7.13. The fourth-order valence-electron chi connectivity index (χ4n) is 3.77. The van der Waals surface area contributed by atoms with Crippen molar-refractivity contribution in [3.63, 3.8) is 0 Å². The van der Waals surface area contributed by atoms with Crippen LogP contribution in [0.4, 0.5) is 4.79 Å². The van der Waals surface area contributed by atoms with Crippen LogP contribution in [0.15, 0.2) is 56.2 Å². The number of benzene rings is 1. The molecular weight excluding hydrogens is 394 g/mol. The number of hydrogen-bond donors (Lipinski definition) is 1. The lowest BCUT2D eigenvalue weighted by molar-refractivity contribution is 0.0748. The predicted octanol–water partition coefficient (Wildman–Crippen LogP) is 3.05. The van der Waals surface area contributed by atoms with Crippen LogP contribution in [0.2, 0.25) is 0 Å². The van der Waals surface area contributed by atoms with Gasteiger partial charge in [-0.05, 0) is 47.6 Å². The summed E-state index contributed by atoms with van der Waals surface area (Å²) in [5.74, 6) is 0.253. The number of piperidine rings is 1. The number of rotatable bonds is 6. The highest BCUT2D eigenvalue weighted by molar-refractivity contribution is 7.90. The van der Waals surface area contributed by atoms with Crippen molar-refractivity contribution in [2.24, 2.45) is 26.7 Å². The van der Waals surface area contributed by atoms with Crippen LogP contribution >= 0.6 is 0 Å². The largest absolute Gasteiger partial charge is 0.453 e. The van der Waals surface area contributed by atoms with Gasteiger partial charge in [-0.25, -0.2) is 4.79 Å². The third kappa shape index (κ3) is 4.64. The molecule has 3 aliphatic rings. The minimum Gasteiger partial charge on any atom is -0.453 e. The normalized spacial score (nSPS) is 24.2. The maximum absolute atomic E-state index is 12.2. The molecule has 0 aromatic heterocycles. The first-order valence-corrected chi connectivity index (χ1v) is 10.9. The van der Waals surface area contributed by atoms with Crippen molar-refractivity contribution in [1.82, 2.24) is 10.4 Å². The molecule has 1 aromatic rings. The molecule has 4 rings (SSSR count). The van der Waals surface area contributed by atoms with Crippen LogP contribution in [0.3, 0.4) is 0 Å². The highest BCUT2D eigenvalue weighted by Gasteiger charge is 2.42. The quantitative estimate of drug-likeness (QED) is 0.330. The van der Waals surface area contributed by atoms with Gasteiger partial charge >= 0.3 is 16.1 Å². The summed E-state index contributed by atoms with van der Waals surface area (Å²) < 4.78 is 32.7. The van der Waals surface area contributed by atoms with E-state index in [0.29, 0.717) is 13.0 Å². The fourth-order valence-corrected chi connectivity index (χ4v) is 4.49. The first-order valence-electron chi connectivity index (χ1n) is 9.43. The Morgan fingerprint density at radius 3 is 2.62 bits per heavy atom. The molecule has 1 aliphatic carbocycles. The highest BCUT2D eigenvalue weighted by Crippen LogP contribution is 2.36. The minimum absolute atomic E-state index is 0.0132. The highest BCUT2D eigenvalue weighted by atomic mass is 32.2. The van der Waals surface area contributed by atoms with Crippen LogP contribution in [0.5, 0.6) is 0 Å². The predicted molar refractivity (Wildman–Crippen MR) is 108 cm³/mol. The summed E-state index contributed by atoms with van der Waals surface area (Å²) in [6, 6.07) is 6.22. The van der Waals surface area contributed by atoms with Crippen LogP contribution in [-0.4, -0.2) is 44.8 Å². The van der Waals surface area contributed by atoms with Gasteiger partial charge < -0.3 is 9.64 Å². The van der Waals surface area contributed by atoms with Crippen molar-refractivity contribution in [3.8, 4) is 0 Å². The number of nitrogens with zero attached hydrogens (tertiary/aromatic N) is 4. The van der Waals surface area contributed by atoms with Crippen molar-refractivity contribution >= 4 is 21.8 Å². The molecule has 2 heterocycles. The van der Waals surface area contributed by atoms with Crippen LogP contribution in [0.1, 0.15) is 25.3 Å². The molecule has 29 heavy (non-hydrogen) atoms. The Bertz CT molecular complexity index is 940. The molecule has 2 aliphatic heterocycles. The SMILES string of the molecule is CC/C(=N\N/N=N/S(=O)(=O)c1ccc(C)cc1)C1CC2C=CC1N(C(=O)OC)C2. The summed E-state index contributed by atoms with van der Waals surface area (Å²) in [4.78, 5) is 13.8. The number of fused-ring (bicyclic) bond motifs is 2. The number of nitrogens with one attached hydrogen (secondary N) is 1. The van der Waals surface area contributed by atoms with Crippen molar-refractivity contribution in [2.45, 2.75) is 37.6 Å². The molecule has 3 unspecified atom stereocenters. The number of amides is 1. The Balaban J connectivity index is 1.70. The van der Waals surface area contributed by atoms with E-state index in [4.69, 9.17) is 4.74 Å². The molecule has 1 saturated heterocycles. The summed E-state index contributed by atoms with van der Waals surface area (Å²) in [6.07, 6.45) is 5.26. The van der Waals surface area contributed by atoms with Gasteiger partial charge in [0, 0.05) is 18.2 Å². The lowest BCUT2D eigenvalue weighted by Gasteiger charge is -2.45. The Morgan fingerprint density at radius 1 is 1.28 bits per heavy atom. The summed E-state index contributed by atoms with van der Waals surface area (Å²) in [7, 11) is -2.52. The summed E-state index contributed by atoms with van der Waals surface area (Å²) in [6.45, 7) is 4.45. The molecule has 1 aromatic carbocycles. The van der Waals surface area contributed by atoms with Crippen molar-refractivity contribution in [3.05, 3.63) is 42.0 Å². The van der Waals surface area contributed by atoms with E-state index in [1.54, 1.807) is 17.0 Å². The van der Waals surface area contributed by atoms with Gasteiger partial charge in [0.15, 0.2) is 0 Å². The molecule has 1 fully saturated rings. The van der Waals surface area contributed by atoms with Crippen LogP contribution in [0.25, 0.3) is 0 Å². The smallest absolute Gasteiger partial charge is 0.410 e. The molecule has 1 amide bonds. The summed E-state index contributed by atoms with van der Waals surface area (Å²) in [5, 5.41) is 7.78. The van der Waals surface area contributed by atoms with Gasteiger partial charge in [0.05, 0.1) is 18.0 Å². The van der Waals surface area contributed by atoms with E-state index in [1.807, 2.05) is 19.9 Å². The number of hydrazone groups is 1. The number of sulfonamides is 1. The second kappa shape index (κ2) is 8.73. The number of carbonyl (C=O) groups is 1. The number of aryl methyl sites for hydroxylation is 1. The van der Waals surface area contributed by atoms with E-state index in [-0.39, 0.29) is 28.9 Å². The third-order valence-electron chi connectivity index (χ3n) is 5.25. The lowest BCUT2D eigenvalue weighted by atomic mass is 9.75. The number of methoxy groups -OCH3 is 1. The van der Waals surface area contributed by atoms with E-state index in [0.717, 1.165) is 17.7 Å². The van der Waals surface area contributed by atoms with E-state index in [9.17, 15) is 13.2 Å². The van der Waals surface area contributed by atoms with Gasteiger partial charge in [-0.3, -0.25) is 0 Å². The lowest BCUT2D eigenvalue weighted by Crippen LogP contribution is -2.54. The first-order chi connectivity index (χ1) is 13.9.